The predicted octanol–water partition coefficient (Wildman–Crippen LogP) is 5.36. The van der Waals surface area contributed by atoms with Gasteiger partial charge in [0.05, 0.1) is 18.2 Å². The van der Waals surface area contributed by atoms with Crippen molar-refractivity contribution < 1.29 is 27.5 Å². The third-order valence-electron chi connectivity index (χ3n) is 5.45. The molecule has 4 rings (SSSR count). The number of carbonyl (C=O) groups is 2. The van der Waals surface area contributed by atoms with Crippen molar-refractivity contribution >= 4 is 28.2 Å². The summed E-state index contributed by atoms with van der Waals surface area (Å²) in [5.41, 5.74) is 1.21. The van der Waals surface area contributed by atoms with E-state index >= 15 is 0 Å². The van der Waals surface area contributed by atoms with Gasteiger partial charge in [-0.15, -0.1) is 11.3 Å². The second-order valence-electron chi connectivity index (χ2n) is 7.68. The lowest BCUT2D eigenvalue weighted by Crippen LogP contribution is -2.29. The van der Waals surface area contributed by atoms with Crippen molar-refractivity contribution in [1.29, 1.82) is 0 Å². The number of halogens is 3. The molecule has 1 amide bonds. The zero-order valence-electron chi connectivity index (χ0n) is 17.7. The summed E-state index contributed by atoms with van der Waals surface area (Å²) in [7, 11) is 1.26. The summed E-state index contributed by atoms with van der Waals surface area (Å²) in [6, 6.07) is 14.2. The third-order valence-corrected chi connectivity index (χ3v) is 6.59. The Morgan fingerprint density at radius 2 is 1.88 bits per heavy atom. The molecule has 0 saturated heterocycles. The van der Waals surface area contributed by atoms with Crippen molar-refractivity contribution in [1.82, 2.24) is 4.90 Å². The largest absolute Gasteiger partial charge is 0.465 e. The second kappa shape index (κ2) is 9.36. The Balaban J connectivity index is 1.59. The van der Waals surface area contributed by atoms with Crippen molar-refractivity contribution in [3.63, 3.8) is 0 Å². The molecule has 2 aromatic carbocycles. The van der Waals surface area contributed by atoms with E-state index in [9.17, 15) is 22.8 Å². The molecule has 1 N–H and O–H groups in total. The number of amides is 1. The number of methoxy groups -OCH3 is 1. The first-order chi connectivity index (χ1) is 15.8. The van der Waals surface area contributed by atoms with E-state index in [1.807, 2.05) is 30.3 Å². The first-order valence-corrected chi connectivity index (χ1v) is 11.1. The highest BCUT2D eigenvalue weighted by atomic mass is 32.1. The van der Waals surface area contributed by atoms with Crippen LogP contribution in [0, 0.1) is 0 Å². The Morgan fingerprint density at radius 3 is 2.58 bits per heavy atom. The van der Waals surface area contributed by atoms with Gasteiger partial charge >= 0.3 is 12.1 Å². The van der Waals surface area contributed by atoms with E-state index in [4.69, 9.17) is 4.74 Å². The molecule has 0 unspecified atom stereocenters. The van der Waals surface area contributed by atoms with Gasteiger partial charge in [0, 0.05) is 30.1 Å². The lowest BCUT2D eigenvalue weighted by molar-refractivity contribution is -0.137. The number of carbonyl (C=O) groups excluding carboxylic acids is 2. The Kier molecular flexibility index (Phi) is 6.53. The van der Waals surface area contributed by atoms with Gasteiger partial charge in [0.15, 0.2) is 0 Å². The van der Waals surface area contributed by atoms with Crippen molar-refractivity contribution in [3.05, 3.63) is 87.3 Å². The molecule has 0 fully saturated rings. The summed E-state index contributed by atoms with van der Waals surface area (Å²) in [5.74, 6) is -1.30. The number of ether oxygens (including phenoxy) is 1. The number of nitrogens with zero attached hydrogens (tertiary/aromatic N) is 1. The van der Waals surface area contributed by atoms with Gasteiger partial charge in [-0.2, -0.15) is 13.2 Å². The quantitative estimate of drug-likeness (QED) is 0.506. The van der Waals surface area contributed by atoms with Crippen LogP contribution in [0.15, 0.2) is 54.6 Å². The average molecular weight is 475 g/mol. The number of thiophene rings is 1. The summed E-state index contributed by atoms with van der Waals surface area (Å²) < 4.78 is 44.0. The summed E-state index contributed by atoms with van der Waals surface area (Å²) in [6.45, 7) is 2.07. The van der Waals surface area contributed by atoms with E-state index in [0.29, 0.717) is 13.0 Å². The number of hydrogen-bond acceptors (Lipinski definition) is 5. The highest BCUT2D eigenvalue weighted by Crippen LogP contribution is 2.38. The van der Waals surface area contributed by atoms with E-state index in [-0.39, 0.29) is 16.1 Å². The normalized spacial score (nSPS) is 13.9. The van der Waals surface area contributed by atoms with Gasteiger partial charge in [0.25, 0.3) is 5.91 Å². The van der Waals surface area contributed by atoms with Gasteiger partial charge in [0.1, 0.15) is 5.00 Å². The molecule has 1 aliphatic heterocycles. The molecule has 9 heteroatoms. The van der Waals surface area contributed by atoms with Crippen molar-refractivity contribution in [3.8, 4) is 0 Å². The minimum atomic E-state index is -4.56. The van der Waals surface area contributed by atoms with Gasteiger partial charge in [0.2, 0.25) is 0 Å². The molecule has 0 radical (unpaired) electrons. The summed E-state index contributed by atoms with van der Waals surface area (Å²) in [5, 5.41) is 2.92. The molecule has 2 heterocycles. The van der Waals surface area contributed by atoms with E-state index in [1.165, 1.54) is 36.1 Å². The monoisotopic (exact) mass is 474 g/mol. The van der Waals surface area contributed by atoms with Crippen LogP contribution in [0.2, 0.25) is 0 Å². The topological polar surface area (TPSA) is 58.6 Å². The average Bonchev–Trinajstić information content (AvgIpc) is 3.15. The van der Waals surface area contributed by atoms with Crippen LogP contribution in [-0.4, -0.2) is 30.4 Å². The number of hydrogen-bond donors (Lipinski definition) is 1. The van der Waals surface area contributed by atoms with Crippen molar-refractivity contribution in [2.24, 2.45) is 0 Å². The molecule has 0 aliphatic carbocycles. The fraction of sp³-hybridized carbons (Fsp3) is 0.250. The Hall–Kier alpha value is -3.17. The lowest BCUT2D eigenvalue weighted by Gasteiger charge is -2.27. The molecular formula is C24H21F3N2O3S. The van der Waals surface area contributed by atoms with Crippen LogP contribution in [0.5, 0.6) is 0 Å². The SMILES string of the molecule is COC(=O)c1c(NC(=O)c2cccc(C(F)(F)F)c2)sc2c1CCN(Cc1ccccc1)C2. The second-order valence-corrected chi connectivity index (χ2v) is 8.78. The zero-order chi connectivity index (χ0) is 23.6. The van der Waals surface area contributed by atoms with Crippen LogP contribution >= 0.6 is 11.3 Å². The fourth-order valence-corrected chi connectivity index (χ4v) is 5.12. The lowest BCUT2D eigenvalue weighted by atomic mass is 10.0. The van der Waals surface area contributed by atoms with Crippen LogP contribution in [-0.2, 0) is 30.4 Å². The van der Waals surface area contributed by atoms with Crippen LogP contribution in [0.4, 0.5) is 18.2 Å². The van der Waals surface area contributed by atoms with Crippen molar-refractivity contribution in [2.45, 2.75) is 25.7 Å². The number of rotatable bonds is 5. The van der Waals surface area contributed by atoms with Gasteiger partial charge in [-0.05, 0) is 35.7 Å². The first-order valence-electron chi connectivity index (χ1n) is 10.2. The Bertz CT molecular complexity index is 1180. The predicted molar refractivity (Wildman–Crippen MR) is 119 cm³/mol. The molecule has 3 aromatic rings. The van der Waals surface area contributed by atoms with Crippen LogP contribution in [0.25, 0.3) is 0 Å². The molecule has 0 spiro atoms. The third kappa shape index (κ3) is 5.09. The maximum Gasteiger partial charge on any atom is 0.416 e. The number of fused-ring (bicyclic) bond motifs is 1. The van der Waals surface area contributed by atoms with E-state index in [1.54, 1.807) is 0 Å². The van der Waals surface area contributed by atoms with Gasteiger partial charge in [-0.3, -0.25) is 9.69 Å². The number of nitrogens with one attached hydrogen (secondary N) is 1. The number of esters is 1. The Morgan fingerprint density at radius 1 is 1.12 bits per heavy atom. The Labute approximate surface area is 192 Å². The molecule has 0 atom stereocenters. The number of anilines is 1. The van der Waals surface area contributed by atoms with Gasteiger partial charge in [-0.1, -0.05) is 36.4 Å². The maximum atomic E-state index is 13.0. The molecule has 5 nitrogen and oxygen atoms in total. The van der Waals surface area contributed by atoms with Crippen LogP contribution < -0.4 is 5.32 Å². The fourth-order valence-electron chi connectivity index (χ4n) is 3.85. The van der Waals surface area contributed by atoms with Gasteiger partial charge in [-0.25, -0.2) is 4.79 Å². The number of benzene rings is 2. The molecule has 172 valence electrons. The first kappa shape index (κ1) is 23.0. The molecule has 0 bridgehead atoms. The highest BCUT2D eigenvalue weighted by molar-refractivity contribution is 7.17. The molecule has 1 aromatic heterocycles. The zero-order valence-corrected chi connectivity index (χ0v) is 18.6. The highest BCUT2D eigenvalue weighted by Gasteiger charge is 2.32. The van der Waals surface area contributed by atoms with Crippen LogP contribution in [0.3, 0.4) is 0 Å². The maximum absolute atomic E-state index is 13.0. The smallest absolute Gasteiger partial charge is 0.416 e. The molecule has 33 heavy (non-hydrogen) atoms. The number of alkyl halides is 3. The van der Waals surface area contributed by atoms with Crippen molar-refractivity contribution in [2.75, 3.05) is 19.0 Å². The van der Waals surface area contributed by atoms with E-state index in [2.05, 4.69) is 10.2 Å². The van der Waals surface area contributed by atoms with Crippen LogP contribution in [0.1, 0.15) is 42.3 Å². The summed E-state index contributed by atoms with van der Waals surface area (Å²) in [4.78, 5) is 28.4. The molecular weight excluding hydrogens is 453 g/mol. The summed E-state index contributed by atoms with van der Waals surface area (Å²) in [6.07, 6.45) is -3.96. The standard InChI is InChI=1S/C24H21F3N2O3S/c1-32-23(31)20-18-10-11-29(13-15-6-3-2-4-7-15)14-19(18)33-22(20)28-21(30)16-8-5-9-17(12-16)24(25,26)27/h2-9,12H,10-11,13-14H2,1H3,(H,28,30). The minimum absolute atomic E-state index is 0.141. The minimum Gasteiger partial charge on any atom is -0.465 e. The van der Waals surface area contributed by atoms with E-state index < -0.39 is 23.6 Å². The van der Waals surface area contributed by atoms with Gasteiger partial charge < -0.3 is 10.1 Å². The summed E-state index contributed by atoms with van der Waals surface area (Å²) >= 11 is 1.26. The molecule has 1 aliphatic rings. The molecule has 0 saturated carbocycles. The van der Waals surface area contributed by atoms with E-state index in [0.717, 1.165) is 35.7 Å².